The Hall–Kier alpha value is -0.410. The molecule has 0 saturated carbocycles. The van der Waals surface area contributed by atoms with Gasteiger partial charge in [0.05, 0.1) is 0 Å². The van der Waals surface area contributed by atoms with Crippen LogP contribution in [-0.2, 0) is 9.53 Å². The van der Waals surface area contributed by atoms with Gasteiger partial charge >= 0.3 is 0 Å². The molecule has 82 valence electrons. The predicted molar refractivity (Wildman–Crippen MR) is 56.1 cm³/mol. The molecule has 0 amide bonds. The van der Waals surface area contributed by atoms with Crippen molar-refractivity contribution < 1.29 is 9.53 Å². The first kappa shape index (κ1) is 11.7. The van der Waals surface area contributed by atoms with Crippen LogP contribution in [-0.4, -0.2) is 25.5 Å². The van der Waals surface area contributed by atoms with Gasteiger partial charge in [-0.15, -0.1) is 0 Å². The molecule has 0 aliphatic carbocycles. The number of rotatable bonds is 6. The van der Waals surface area contributed by atoms with E-state index in [-0.39, 0.29) is 5.92 Å². The van der Waals surface area contributed by atoms with Gasteiger partial charge in [-0.1, -0.05) is 6.42 Å². The summed E-state index contributed by atoms with van der Waals surface area (Å²) in [5, 5.41) is 0. The minimum Gasteiger partial charge on any atom is -0.381 e. The molecule has 3 heteroatoms. The van der Waals surface area contributed by atoms with Gasteiger partial charge in [-0.3, -0.25) is 4.79 Å². The van der Waals surface area contributed by atoms with Gasteiger partial charge in [-0.25, -0.2) is 0 Å². The van der Waals surface area contributed by atoms with Crippen molar-refractivity contribution in [1.82, 2.24) is 0 Å². The molecule has 1 rings (SSSR count). The summed E-state index contributed by atoms with van der Waals surface area (Å²) in [6.07, 6.45) is 5.73. The number of unbranched alkanes of at least 4 members (excludes halogenated alkanes) is 2. The molecule has 14 heavy (non-hydrogen) atoms. The van der Waals surface area contributed by atoms with Crippen LogP contribution in [0, 0.1) is 5.92 Å². The maximum absolute atomic E-state index is 11.7. The lowest BCUT2D eigenvalue weighted by Crippen LogP contribution is -2.23. The van der Waals surface area contributed by atoms with Crippen molar-refractivity contribution in [2.24, 2.45) is 11.7 Å². The molecule has 0 atom stereocenters. The number of hydrogen-bond donors (Lipinski definition) is 1. The van der Waals surface area contributed by atoms with E-state index in [2.05, 4.69) is 0 Å². The normalized spacial score (nSPS) is 18.4. The summed E-state index contributed by atoms with van der Waals surface area (Å²) in [4.78, 5) is 11.7. The van der Waals surface area contributed by atoms with Gasteiger partial charge in [0.2, 0.25) is 0 Å². The Kier molecular flexibility index (Phi) is 5.80. The van der Waals surface area contributed by atoms with Crippen molar-refractivity contribution in [1.29, 1.82) is 0 Å². The summed E-state index contributed by atoms with van der Waals surface area (Å²) >= 11 is 0. The van der Waals surface area contributed by atoms with Crippen molar-refractivity contribution in [2.75, 3.05) is 19.8 Å². The monoisotopic (exact) mass is 199 g/mol. The van der Waals surface area contributed by atoms with Gasteiger partial charge in [0.25, 0.3) is 0 Å². The minimum atomic E-state index is 0.279. The Morgan fingerprint density at radius 3 is 2.57 bits per heavy atom. The molecule has 0 aromatic heterocycles. The maximum Gasteiger partial charge on any atom is 0.136 e. The highest BCUT2D eigenvalue weighted by atomic mass is 16.5. The van der Waals surface area contributed by atoms with Crippen LogP contribution in [0.25, 0.3) is 0 Å². The third kappa shape index (κ3) is 4.20. The Morgan fingerprint density at radius 2 is 1.93 bits per heavy atom. The Balaban J connectivity index is 2.07. The van der Waals surface area contributed by atoms with Crippen molar-refractivity contribution in [2.45, 2.75) is 38.5 Å². The Morgan fingerprint density at radius 1 is 1.21 bits per heavy atom. The summed E-state index contributed by atoms with van der Waals surface area (Å²) in [5.41, 5.74) is 5.39. The first-order valence-electron chi connectivity index (χ1n) is 5.65. The predicted octanol–water partition coefficient (Wildman–Crippen LogP) is 1.50. The lowest BCUT2D eigenvalue weighted by atomic mass is 9.92. The maximum atomic E-state index is 11.7. The van der Waals surface area contributed by atoms with E-state index in [9.17, 15) is 4.79 Å². The van der Waals surface area contributed by atoms with Gasteiger partial charge in [-0.2, -0.15) is 0 Å². The molecule has 1 aliphatic heterocycles. The zero-order chi connectivity index (χ0) is 10.2. The highest BCUT2D eigenvalue weighted by Crippen LogP contribution is 2.18. The number of hydrogen-bond acceptors (Lipinski definition) is 3. The first-order valence-corrected chi connectivity index (χ1v) is 5.65. The van der Waals surface area contributed by atoms with Crippen LogP contribution in [0.4, 0.5) is 0 Å². The van der Waals surface area contributed by atoms with E-state index in [4.69, 9.17) is 10.5 Å². The number of ketones is 1. The lowest BCUT2D eigenvalue weighted by Gasteiger charge is -2.20. The van der Waals surface area contributed by atoms with E-state index in [0.717, 1.165) is 58.3 Å². The molecule has 0 aromatic rings. The second-order valence-electron chi connectivity index (χ2n) is 3.95. The zero-order valence-electron chi connectivity index (χ0n) is 8.84. The number of ether oxygens (including phenoxy) is 1. The molecule has 1 fully saturated rings. The van der Waals surface area contributed by atoms with Gasteiger partial charge in [0.1, 0.15) is 5.78 Å². The van der Waals surface area contributed by atoms with Crippen molar-refractivity contribution in [3.63, 3.8) is 0 Å². The highest BCUT2D eigenvalue weighted by Gasteiger charge is 2.20. The van der Waals surface area contributed by atoms with E-state index in [0.29, 0.717) is 5.78 Å². The average molecular weight is 199 g/mol. The van der Waals surface area contributed by atoms with Crippen LogP contribution < -0.4 is 5.73 Å². The standard InChI is InChI=1S/C11H21NO2/c12-7-3-1-2-4-11(13)10-5-8-14-9-6-10/h10H,1-9,12H2. The molecule has 1 heterocycles. The lowest BCUT2D eigenvalue weighted by molar-refractivity contribution is -0.125. The number of carbonyl (C=O) groups excluding carboxylic acids is 1. The smallest absolute Gasteiger partial charge is 0.136 e. The van der Waals surface area contributed by atoms with Crippen LogP contribution in [0.3, 0.4) is 0 Å². The minimum absolute atomic E-state index is 0.279. The van der Waals surface area contributed by atoms with Crippen LogP contribution >= 0.6 is 0 Å². The molecule has 0 aromatic carbocycles. The van der Waals surface area contributed by atoms with E-state index in [1.54, 1.807) is 0 Å². The summed E-state index contributed by atoms with van der Waals surface area (Å²) in [6, 6.07) is 0. The van der Waals surface area contributed by atoms with E-state index < -0.39 is 0 Å². The molecule has 0 radical (unpaired) electrons. The second-order valence-corrected chi connectivity index (χ2v) is 3.95. The highest BCUT2D eigenvalue weighted by molar-refractivity contribution is 5.80. The topological polar surface area (TPSA) is 52.3 Å². The van der Waals surface area contributed by atoms with E-state index in [1.165, 1.54) is 0 Å². The van der Waals surface area contributed by atoms with Crippen LogP contribution in [0.5, 0.6) is 0 Å². The summed E-state index contributed by atoms with van der Waals surface area (Å²) in [7, 11) is 0. The van der Waals surface area contributed by atoms with E-state index >= 15 is 0 Å². The number of nitrogens with two attached hydrogens (primary N) is 1. The quantitative estimate of drug-likeness (QED) is 0.659. The molecular weight excluding hydrogens is 178 g/mol. The number of Topliss-reactive ketones (excluding diaryl/α,β-unsaturated/α-hetero) is 1. The van der Waals surface area contributed by atoms with E-state index in [1.807, 2.05) is 0 Å². The summed E-state index contributed by atoms with van der Waals surface area (Å²) in [5.74, 6) is 0.715. The molecule has 1 aliphatic rings. The van der Waals surface area contributed by atoms with Crippen LogP contribution in [0.2, 0.25) is 0 Å². The first-order chi connectivity index (χ1) is 6.84. The Labute approximate surface area is 86.0 Å². The van der Waals surface area contributed by atoms with Gasteiger partial charge in [-0.05, 0) is 32.2 Å². The van der Waals surface area contributed by atoms with Crippen molar-refractivity contribution >= 4 is 5.78 Å². The van der Waals surface area contributed by atoms with Crippen LogP contribution in [0.1, 0.15) is 38.5 Å². The molecule has 0 bridgehead atoms. The summed E-state index contributed by atoms with van der Waals surface area (Å²) < 4.78 is 5.22. The molecule has 1 saturated heterocycles. The fraction of sp³-hybridized carbons (Fsp3) is 0.909. The van der Waals surface area contributed by atoms with Gasteiger partial charge in [0.15, 0.2) is 0 Å². The largest absolute Gasteiger partial charge is 0.381 e. The second kappa shape index (κ2) is 6.96. The van der Waals surface area contributed by atoms with Gasteiger partial charge in [0, 0.05) is 25.6 Å². The fourth-order valence-electron chi connectivity index (χ4n) is 1.84. The fourth-order valence-corrected chi connectivity index (χ4v) is 1.84. The molecule has 0 spiro atoms. The average Bonchev–Trinajstić information content (AvgIpc) is 2.25. The van der Waals surface area contributed by atoms with Gasteiger partial charge < -0.3 is 10.5 Å². The summed E-state index contributed by atoms with van der Waals surface area (Å²) in [6.45, 7) is 2.27. The number of carbonyl (C=O) groups is 1. The molecule has 0 unspecified atom stereocenters. The molecule has 3 nitrogen and oxygen atoms in total. The third-order valence-corrected chi connectivity index (χ3v) is 2.80. The third-order valence-electron chi connectivity index (χ3n) is 2.80. The SMILES string of the molecule is NCCCCCC(=O)C1CCOCC1. The van der Waals surface area contributed by atoms with Crippen molar-refractivity contribution in [3.8, 4) is 0 Å². The zero-order valence-corrected chi connectivity index (χ0v) is 8.84. The molecule has 2 N–H and O–H groups in total. The molecular formula is C11H21NO2. The Bertz CT molecular complexity index is 165. The van der Waals surface area contributed by atoms with Crippen molar-refractivity contribution in [3.05, 3.63) is 0 Å². The van der Waals surface area contributed by atoms with Crippen LogP contribution in [0.15, 0.2) is 0 Å².